The van der Waals surface area contributed by atoms with E-state index >= 15 is 0 Å². The zero-order valence-electron chi connectivity index (χ0n) is 8.11. The number of halogens is 5. The highest BCUT2D eigenvalue weighted by atomic mass is 79.9. The minimum atomic E-state index is -4.55. The molecule has 1 atom stereocenters. The molecule has 1 unspecified atom stereocenters. The molecule has 88 valence electrons. The van der Waals surface area contributed by atoms with E-state index in [9.17, 15) is 22.4 Å². The van der Waals surface area contributed by atoms with Crippen molar-refractivity contribution in [1.29, 1.82) is 0 Å². The van der Waals surface area contributed by atoms with E-state index in [-0.39, 0.29) is 5.56 Å². The number of carbonyl (C=O) groups excluding carboxylic acids is 1. The molecule has 6 heteroatoms. The van der Waals surface area contributed by atoms with Crippen LogP contribution in [0.15, 0.2) is 18.2 Å². The van der Waals surface area contributed by atoms with E-state index in [1.54, 1.807) is 0 Å². The van der Waals surface area contributed by atoms with Crippen LogP contribution in [0.25, 0.3) is 0 Å². The first-order valence-electron chi connectivity index (χ1n) is 4.24. The normalized spacial score (nSPS) is 13.6. The predicted molar refractivity (Wildman–Crippen MR) is 53.8 cm³/mol. The number of rotatable bonds is 2. The number of benzene rings is 1. The van der Waals surface area contributed by atoms with Crippen LogP contribution < -0.4 is 0 Å². The minimum absolute atomic E-state index is 0.303. The Balaban J connectivity index is 3.24. The molecule has 0 saturated carbocycles. The molecular weight excluding hydrogens is 292 g/mol. The molecule has 1 aromatic carbocycles. The van der Waals surface area contributed by atoms with Crippen molar-refractivity contribution in [3.8, 4) is 0 Å². The fourth-order valence-corrected chi connectivity index (χ4v) is 1.48. The molecule has 0 aliphatic carbocycles. The summed E-state index contributed by atoms with van der Waals surface area (Å²) in [6, 6.07) is 1.98. The summed E-state index contributed by atoms with van der Waals surface area (Å²) in [5, 5.41) is 0. The van der Waals surface area contributed by atoms with E-state index in [0.717, 1.165) is 0 Å². The number of hydrogen-bond donors (Lipinski definition) is 0. The molecule has 0 heterocycles. The van der Waals surface area contributed by atoms with Crippen LogP contribution in [0.2, 0.25) is 0 Å². The van der Waals surface area contributed by atoms with E-state index in [2.05, 4.69) is 15.9 Å². The van der Waals surface area contributed by atoms with Gasteiger partial charge in [-0.15, -0.1) is 0 Å². The van der Waals surface area contributed by atoms with Crippen LogP contribution in [0.5, 0.6) is 0 Å². The van der Waals surface area contributed by atoms with Gasteiger partial charge in [-0.3, -0.25) is 4.79 Å². The molecule has 16 heavy (non-hydrogen) atoms. The fourth-order valence-electron chi connectivity index (χ4n) is 1.13. The van der Waals surface area contributed by atoms with Crippen LogP contribution >= 0.6 is 15.9 Å². The molecule has 0 aromatic heterocycles. The van der Waals surface area contributed by atoms with Gasteiger partial charge >= 0.3 is 6.18 Å². The van der Waals surface area contributed by atoms with Crippen molar-refractivity contribution in [2.75, 3.05) is 0 Å². The van der Waals surface area contributed by atoms with Crippen LogP contribution in [0.3, 0.4) is 0 Å². The second-order valence-corrected chi connectivity index (χ2v) is 4.12. The molecule has 0 N–H and O–H groups in total. The lowest BCUT2D eigenvalue weighted by molar-refractivity contribution is -0.137. The third-order valence-electron chi connectivity index (χ3n) is 1.95. The van der Waals surface area contributed by atoms with Gasteiger partial charge in [0.1, 0.15) is 16.4 Å². The van der Waals surface area contributed by atoms with Gasteiger partial charge in [0.05, 0.1) is 5.56 Å². The van der Waals surface area contributed by atoms with Crippen molar-refractivity contribution in [3.63, 3.8) is 0 Å². The average Bonchev–Trinajstić information content (AvgIpc) is 2.15. The van der Waals surface area contributed by atoms with Gasteiger partial charge in [0.25, 0.3) is 0 Å². The average molecular weight is 299 g/mol. The Hall–Kier alpha value is -0.910. The van der Waals surface area contributed by atoms with Crippen LogP contribution in [0.1, 0.15) is 22.9 Å². The highest BCUT2D eigenvalue weighted by Crippen LogP contribution is 2.34. The lowest BCUT2D eigenvalue weighted by atomic mass is 10.1. The van der Waals surface area contributed by atoms with E-state index in [1.807, 2.05) is 0 Å². The van der Waals surface area contributed by atoms with Crippen LogP contribution in [-0.2, 0) is 11.0 Å². The van der Waals surface area contributed by atoms with E-state index in [1.165, 1.54) is 6.92 Å². The molecule has 0 amide bonds. The molecule has 1 rings (SSSR count). The number of alkyl halides is 4. The molecule has 1 aromatic rings. The SMILES string of the molecule is CC(=O)C(Br)c1cc(C(F)(F)F)ccc1F. The smallest absolute Gasteiger partial charge is 0.298 e. The molecule has 0 spiro atoms. The third-order valence-corrected chi connectivity index (χ3v) is 3.09. The Bertz CT molecular complexity index is 414. The van der Waals surface area contributed by atoms with Crippen molar-refractivity contribution in [2.45, 2.75) is 17.9 Å². The summed E-state index contributed by atoms with van der Waals surface area (Å²) >= 11 is 2.85. The van der Waals surface area contributed by atoms with Crippen molar-refractivity contribution in [1.82, 2.24) is 0 Å². The van der Waals surface area contributed by atoms with Gasteiger partial charge in [-0.25, -0.2) is 4.39 Å². The zero-order valence-corrected chi connectivity index (χ0v) is 9.69. The monoisotopic (exact) mass is 298 g/mol. The highest BCUT2D eigenvalue weighted by molar-refractivity contribution is 9.09. The van der Waals surface area contributed by atoms with Crippen molar-refractivity contribution >= 4 is 21.7 Å². The maximum atomic E-state index is 13.2. The fraction of sp³-hybridized carbons (Fsp3) is 0.300. The molecule has 0 fully saturated rings. The largest absolute Gasteiger partial charge is 0.416 e. The zero-order chi connectivity index (χ0) is 12.5. The Kier molecular flexibility index (Phi) is 3.72. The van der Waals surface area contributed by atoms with Gasteiger partial charge in [-0.2, -0.15) is 13.2 Å². The highest BCUT2D eigenvalue weighted by Gasteiger charge is 2.32. The number of hydrogen-bond acceptors (Lipinski definition) is 1. The summed E-state index contributed by atoms with van der Waals surface area (Å²) in [5.74, 6) is -1.30. The Morgan fingerprint density at radius 2 is 1.94 bits per heavy atom. The summed E-state index contributed by atoms with van der Waals surface area (Å²) in [4.78, 5) is 9.90. The van der Waals surface area contributed by atoms with Gasteiger partial charge in [-0.1, -0.05) is 15.9 Å². The quantitative estimate of drug-likeness (QED) is 0.598. The van der Waals surface area contributed by atoms with Gasteiger partial charge in [0.15, 0.2) is 0 Å². The summed E-state index contributed by atoms with van der Waals surface area (Å²) in [6.07, 6.45) is -4.55. The predicted octanol–water partition coefficient (Wildman–Crippen LogP) is 3.87. The number of carbonyl (C=O) groups is 1. The van der Waals surface area contributed by atoms with Crippen molar-refractivity contribution < 1.29 is 22.4 Å². The summed E-state index contributed by atoms with van der Waals surface area (Å²) in [6.45, 7) is 1.17. The van der Waals surface area contributed by atoms with Crippen LogP contribution in [0, 0.1) is 5.82 Å². The molecule has 0 bridgehead atoms. The first kappa shape index (κ1) is 13.2. The molecule has 0 radical (unpaired) electrons. The first-order valence-corrected chi connectivity index (χ1v) is 5.16. The standard InChI is InChI=1S/C10H7BrF4O/c1-5(16)9(11)7-4-6(10(13,14)15)2-3-8(7)12/h2-4,9H,1H3. The third kappa shape index (κ3) is 2.81. The van der Waals surface area contributed by atoms with Gasteiger partial charge < -0.3 is 0 Å². The lowest BCUT2D eigenvalue weighted by Crippen LogP contribution is -2.09. The van der Waals surface area contributed by atoms with E-state index < -0.39 is 28.2 Å². The van der Waals surface area contributed by atoms with Crippen LogP contribution in [-0.4, -0.2) is 5.78 Å². The summed E-state index contributed by atoms with van der Waals surface area (Å²) in [7, 11) is 0. The summed E-state index contributed by atoms with van der Waals surface area (Å²) < 4.78 is 50.2. The molecule has 1 nitrogen and oxygen atoms in total. The van der Waals surface area contributed by atoms with Crippen molar-refractivity contribution in [3.05, 3.63) is 35.1 Å². The topological polar surface area (TPSA) is 17.1 Å². The van der Waals surface area contributed by atoms with E-state index in [0.29, 0.717) is 18.2 Å². The van der Waals surface area contributed by atoms with Crippen LogP contribution in [0.4, 0.5) is 17.6 Å². The lowest BCUT2D eigenvalue weighted by Gasteiger charge is -2.12. The second-order valence-electron chi connectivity index (χ2n) is 3.21. The Morgan fingerprint density at radius 3 is 2.38 bits per heavy atom. The maximum Gasteiger partial charge on any atom is 0.416 e. The second kappa shape index (κ2) is 4.53. The number of Topliss-reactive ketones (excluding diaryl/α,β-unsaturated/α-hetero) is 1. The number of ketones is 1. The molecule has 0 aliphatic rings. The first-order chi connectivity index (χ1) is 7.23. The molecule has 0 saturated heterocycles. The van der Waals surface area contributed by atoms with Gasteiger partial charge in [0.2, 0.25) is 0 Å². The van der Waals surface area contributed by atoms with Crippen molar-refractivity contribution in [2.24, 2.45) is 0 Å². The minimum Gasteiger partial charge on any atom is -0.298 e. The Labute approximate surface area is 97.6 Å². The molecule has 0 aliphatic heterocycles. The van der Waals surface area contributed by atoms with Gasteiger partial charge in [0, 0.05) is 5.56 Å². The maximum absolute atomic E-state index is 13.2. The molecular formula is C10H7BrF4O. The summed E-state index contributed by atoms with van der Waals surface area (Å²) in [5.41, 5.74) is -1.28. The Morgan fingerprint density at radius 1 is 1.38 bits per heavy atom. The van der Waals surface area contributed by atoms with E-state index in [4.69, 9.17) is 0 Å². The van der Waals surface area contributed by atoms with Gasteiger partial charge in [-0.05, 0) is 25.1 Å².